The first-order valence-electron chi connectivity index (χ1n) is 11.6. The maximum Gasteiger partial charge on any atom is 0.153 e. The van der Waals surface area contributed by atoms with Gasteiger partial charge in [-0.2, -0.15) is 0 Å². The number of nitrogens with zero attached hydrogens (tertiary/aromatic N) is 1. The van der Waals surface area contributed by atoms with Crippen LogP contribution in [-0.4, -0.2) is 37.7 Å². The third-order valence-electron chi connectivity index (χ3n) is 6.40. The molecule has 34 heavy (non-hydrogen) atoms. The molecular weight excluding hydrogens is 449 g/mol. The van der Waals surface area contributed by atoms with Crippen molar-refractivity contribution < 1.29 is 13.9 Å². The molecule has 0 amide bonds. The molecule has 2 aliphatic heterocycles. The average Bonchev–Trinajstić information content (AvgIpc) is 2.99. The van der Waals surface area contributed by atoms with E-state index >= 15 is 0 Å². The Hall–Kier alpha value is -2.92. The monoisotopic (exact) mass is 475 g/mol. The average molecular weight is 476 g/mol. The van der Waals surface area contributed by atoms with Crippen LogP contribution in [0.3, 0.4) is 0 Å². The van der Waals surface area contributed by atoms with Gasteiger partial charge in [-0.1, -0.05) is 77.8 Å². The lowest BCUT2D eigenvalue weighted by molar-refractivity contribution is 0.0433. The highest BCUT2D eigenvalue weighted by Gasteiger charge is 2.31. The Morgan fingerprint density at radius 3 is 2.41 bits per heavy atom. The summed E-state index contributed by atoms with van der Waals surface area (Å²) in [6.45, 7) is 6.02. The van der Waals surface area contributed by atoms with Gasteiger partial charge >= 0.3 is 0 Å². The van der Waals surface area contributed by atoms with Crippen LogP contribution < -0.4 is 4.74 Å². The Morgan fingerprint density at radius 2 is 1.68 bits per heavy atom. The van der Waals surface area contributed by atoms with Crippen LogP contribution in [0.4, 0.5) is 4.39 Å². The highest BCUT2D eigenvalue weighted by atomic mass is 35.5. The summed E-state index contributed by atoms with van der Waals surface area (Å²) in [5, 5.41) is 0.572. The number of para-hydroxylation sites is 1. The van der Waals surface area contributed by atoms with E-state index in [-0.39, 0.29) is 11.7 Å². The second-order valence-electron chi connectivity index (χ2n) is 8.71. The minimum Gasteiger partial charge on any atom is -0.455 e. The molecule has 0 N–H and O–H groups in total. The zero-order valence-corrected chi connectivity index (χ0v) is 19.9. The molecule has 1 unspecified atom stereocenters. The van der Waals surface area contributed by atoms with Crippen LogP contribution in [0, 0.1) is 12.7 Å². The van der Waals surface area contributed by atoms with Gasteiger partial charge in [-0.25, -0.2) is 4.39 Å². The number of hydrogen-bond acceptors (Lipinski definition) is 3. The Morgan fingerprint density at radius 1 is 0.971 bits per heavy atom. The number of rotatable bonds is 4. The van der Waals surface area contributed by atoms with Crippen LogP contribution >= 0.6 is 11.6 Å². The fourth-order valence-electron chi connectivity index (χ4n) is 4.52. The van der Waals surface area contributed by atoms with Gasteiger partial charge in [0, 0.05) is 36.7 Å². The maximum atomic E-state index is 13.8. The zero-order chi connectivity index (χ0) is 23.5. The van der Waals surface area contributed by atoms with Crippen molar-refractivity contribution in [1.82, 2.24) is 4.90 Å². The van der Waals surface area contributed by atoms with E-state index in [1.807, 2.05) is 42.5 Å². The molecule has 1 saturated heterocycles. The van der Waals surface area contributed by atoms with Gasteiger partial charge in [-0.05, 0) is 36.3 Å². The molecular formula is C29H27ClFNO2. The van der Waals surface area contributed by atoms with E-state index in [1.165, 1.54) is 17.7 Å². The van der Waals surface area contributed by atoms with Crippen LogP contribution in [0.2, 0.25) is 0 Å². The number of fused-ring (bicyclic) bond motifs is 1. The van der Waals surface area contributed by atoms with E-state index < -0.39 is 0 Å². The Labute approximate surface area is 205 Å². The van der Waals surface area contributed by atoms with Crippen molar-refractivity contribution in [3.05, 3.63) is 118 Å². The van der Waals surface area contributed by atoms with Gasteiger partial charge in [0.2, 0.25) is 0 Å². The molecule has 0 bridgehead atoms. The molecule has 0 saturated carbocycles. The molecule has 3 nitrogen and oxygen atoms in total. The summed E-state index contributed by atoms with van der Waals surface area (Å²) in [5.74, 6) is 0.934. The number of aryl methyl sites for hydroxylation is 1. The molecule has 3 aromatic rings. The third kappa shape index (κ3) is 4.80. The number of benzene rings is 3. The summed E-state index contributed by atoms with van der Waals surface area (Å²) in [6.07, 6.45) is 2.20. The Kier molecular flexibility index (Phi) is 6.82. The summed E-state index contributed by atoms with van der Waals surface area (Å²) >= 11 is 7.18. The standard InChI is InChI=1S/C29H27ClFNO2/c1-20-6-8-22(9-7-20)29-28(30)25(14-15-32-16-18-33-19-17-32)27(21-10-12-23(31)13-11-21)24-4-2-3-5-26(24)34-29/h2-14,27H,15-19H2,1H3/b25-14-. The minimum absolute atomic E-state index is 0.187. The predicted molar refractivity (Wildman–Crippen MR) is 135 cm³/mol. The smallest absolute Gasteiger partial charge is 0.153 e. The summed E-state index contributed by atoms with van der Waals surface area (Å²) < 4.78 is 25.8. The van der Waals surface area contributed by atoms with E-state index in [1.54, 1.807) is 0 Å². The number of ether oxygens (including phenoxy) is 2. The summed E-state index contributed by atoms with van der Waals surface area (Å²) in [5.41, 5.74) is 5.01. The molecule has 0 aliphatic carbocycles. The number of halogens is 2. The van der Waals surface area contributed by atoms with Crippen molar-refractivity contribution >= 4 is 17.4 Å². The van der Waals surface area contributed by atoms with E-state index in [4.69, 9.17) is 21.1 Å². The van der Waals surface area contributed by atoms with Gasteiger partial charge in [-0.3, -0.25) is 4.90 Å². The van der Waals surface area contributed by atoms with Crippen molar-refractivity contribution in [2.75, 3.05) is 32.8 Å². The maximum absolute atomic E-state index is 13.8. The second-order valence-corrected chi connectivity index (χ2v) is 9.08. The number of hydrogen-bond donors (Lipinski definition) is 0. The summed E-state index contributed by atoms with van der Waals surface area (Å²) in [7, 11) is 0. The normalized spacial score (nSPS) is 20.1. The largest absolute Gasteiger partial charge is 0.455 e. The Balaban J connectivity index is 1.68. The zero-order valence-electron chi connectivity index (χ0n) is 19.1. The lowest BCUT2D eigenvalue weighted by Crippen LogP contribution is -2.36. The van der Waals surface area contributed by atoms with Crippen molar-refractivity contribution in [1.29, 1.82) is 0 Å². The number of allylic oxidation sites excluding steroid dienone is 2. The van der Waals surface area contributed by atoms with E-state index in [2.05, 4.69) is 36.1 Å². The van der Waals surface area contributed by atoms with E-state index in [9.17, 15) is 4.39 Å². The Bertz CT molecular complexity index is 1210. The molecule has 3 aromatic carbocycles. The lowest BCUT2D eigenvalue weighted by atomic mass is 9.83. The third-order valence-corrected chi connectivity index (χ3v) is 6.79. The van der Waals surface area contributed by atoms with Gasteiger partial charge in [0.15, 0.2) is 5.76 Å². The molecule has 1 atom stereocenters. The molecule has 1 fully saturated rings. The highest BCUT2D eigenvalue weighted by molar-refractivity contribution is 6.35. The first kappa shape index (κ1) is 22.9. The van der Waals surface area contributed by atoms with Crippen LogP contribution in [0.1, 0.15) is 28.2 Å². The molecule has 2 aliphatic rings. The van der Waals surface area contributed by atoms with E-state index in [0.717, 1.165) is 60.9 Å². The molecule has 5 heteroatoms. The molecule has 0 radical (unpaired) electrons. The predicted octanol–water partition coefficient (Wildman–Crippen LogP) is 6.52. The SMILES string of the molecule is Cc1ccc(C2=C(Cl)/C(=C\CN3CCOCC3)C(c3ccc(F)cc3)c3ccccc3O2)cc1. The summed E-state index contributed by atoms with van der Waals surface area (Å²) in [6, 6.07) is 22.9. The van der Waals surface area contributed by atoms with Gasteiger partial charge in [-0.15, -0.1) is 0 Å². The molecule has 0 spiro atoms. The topological polar surface area (TPSA) is 21.7 Å². The molecule has 174 valence electrons. The fourth-order valence-corrected chi connectivity index (χ4v) is 4.85. The van der Waals surface area contributed by atoms with Gasteiger partial charge in [0.1, 0.15) is 11.6 Å². The summed E-state index contributed by atoms with van der Waals surface area (Å²) in [4.78, 5) is 2.35. The quantitative estimate of drug-likeness (QED) is 0.428. The van der Waals surface area contributed by atoms with Gasteiger partial charge in [0.05, 0.1) is 18.2 Å². The van der Waals surface area contributed by atoms with E-state index in [0.29, 0.717) is 10.8 Å². The van der Waals surface area contributed by atoms with Gasteiger partial charge in [0.25, 0.3) is 0 Å². The van der Waals surface area contributed by atoms with Crippen molar-refractivity contribution in [2.24, 2.45) is 0 Å². The van der Waals surface area contributed by atoms with Crippen LogP contribution in [0.5, 0.6) is 5.75 Å². The van der Waals surface area contributed by atoms with Gasteiger partial charge < -0.3 is 9.47 Å². The lowest BCUT2D eigenvalue weighted by Gasteiger charge is -2.27. The fraction of sp³-hybridized carbons (Fsp3) is 0.241. The first-order chi connectivity index (χ1) is 16.6. The molecule has 0 aromatic heterocycles. The highest BCUT2D eigenvalue weighted by Crippen LogP contribution is 2.47. The van der Waals surface area contributed by atoms with Crippen molar-refractivity contribution in [3.63, 3.8) is 0 Å². The number of morpholine rings is 1. The molecule has 5 rings (SSSR count). The van der Waals surface area contributed by atoms with Crippen LogP contribution in [0.25, 0.3) is 5.76 Å². The molecule has 2 heterocycles. The van der Waals surface area contributed by atoms with Crippen LogP contribution in [0.15, 0.2) is 89.5 Å². The first-order valence-corrected chi connectivity index (χ1v) is 12.0. The second kappa shape index (κ2) is 10.1. The minimum atomic E-state index is -0.261. The van der Waals surface area contributed by atoms with Crippen molar-refractivity contribution in [2.45, 2.75) is 12.8 Å². The van der Waals surface area contributed by atoms with Crippen molar-refractivity contribution in [3.8, 4) is 5.75 Å². The van der Waals surface area contributed by atoms with Crippen LogP contribution in [-0.2, 0) is 4.74 Å².